The molecule has 1 amide bonds. The van der Waals surface area contributed by atoms with Crippen molar-refractivity contribution >= 4 is 28.5 Å². The number of likely N-dealkylation sites (tertiary alicyclic amines) is 1. The van der Waals surface area contributed by atoms with Crippen molar-refractivity contribution in [2.75, 3.05) is 29.5 Å². The summed E-state index contributed by atoms with van der Waals surface area (Å²) in [6, 6.07) is 14.1. The summed E-state index contributed by atoms with van der Waals surface area (Å²) in [7, 11) is 0. The van der Waals surface area contributed by atoms with Crippen LogP contribution >= 0.6 is 0 Å². The van der Waals surface area contributed by atoms with E-state index in [4.69, 9.17) is 5.73 Å². The van der Waals surface area contributed by atoms with Crippen LogP contribution in [0.15, 0.2) is 48.2 Å². The molecular formula is C23H28N4O. The smallest absolute Gasteiger partial charge is 0.258 e. The summed E-state index contributed by atoms with van der Waals surface area (Å²) < 4.78 is 0. The molecule has 5 heteroatoms. The number of nitrogens with two attached hydrogens (primary N) is 1. The lowest BCUT2D eigenvalue weighted by Gasteiger charge is -2.26. The van der Waals surface area contributed by atoms with E-state index in [1.165, 1.54) is 37.9 Å². The summed E-state index contributed by atoms with van der Waals surface area (Å²) >= 11 is 0. The highest BCUT2D eigenvalue weighted by molar-refractivity contribution is 6.32. The fraction of sp³-hybridized carbons (Fsp3) is 0.348. The topological polar surface area (TPSA) is 70.4 Å². The third kappa shape index (κ3) is 3.90. The quantitative estimate of drug-likeness (QED) is 0.533. The predicted molar refractivity (Wildman–Crippen MR) is 116 cm³/mol. The molecule has 0 saturated carbocycles. The van der Waals surface area contributed by atoms with Gasteiger partial charge in [0.05, 0.1) is 5.57 Å². The molecule has 0 unspecified atom stereocenters. The summed E-state index contributed by atoms with van der Waals surface area (Å²) in [6.45, 7) is 5.46. The number of anilines is 3. The fourth-order valence-electron chi connectivity index (χ4n) is 4.06. The van der Waals surface area contributed by atoms with Crippen LogP contribution in [0, 0.1) is 0 Å². The number of piperidine rings is 1. The van der Waals surface area contributed by atoms with Crippen molar-refractivity contribution in [2.24, 2.45) is 0 Å². The molecule has 0 atom stereocenters. The first-order valence-electron chi connectivity index (χ1n) is 10.2. The van der Waals surface area contributed by atoms with Crippen LogP contribution in [0.2, 0.25) is 0 Å². The highest BCUT2D eigenvalue weighted by Crippen LogP contribution is 2.36. The highest BCUT2D eigenvalue weighted by atomic mass is 16.2. The maximum atomic E-state index is 12.6. The number of rotatable bonds is 5. The molecule has 2 heterocycles. The van der Waals surface area contributed by atoms with Crippen molar-refractivity contribution < 1.29 is 4.79 Å². The van der Waals surface area contributed by atoms with Gasteiger partial charge in [-0.2, -0.15) is 0 Å². The van der Waals surface area contributed by atoms with E-state index >= 15 is 0 Å². The number of amides is 1. The van der Waals surface area contributed by atoms with Gasteiger partial charge in [0.1, 0.15) is 0 Å². The molecule has 0 aliphatic carbocycles. The van der Waals surface area contributed by atoms with E-state index in [2.05, 4.69) is 46.7 Å². The molecule has 2 aliphatic rings. The molecule has 1 fully saturated rings. The maximum absolute atomic E-state index is 12.6. The molecule has 4 rings (SSSR count). The third-order valence-electron chi connectivity index (χ3n) is 5.55. The van der Waals surface area contributed by atoms with E-state index in [-0.39, 0.29) is 5.91 Å². The molecule has 0 spiro atoms. The van der Waals surface area contributed by atoms with Gasteiger partial charge in [0.15, 0.2) is 0 Å². The summed E-state index contributed by atoms with van der Waals surface area (Å²) in [5.41, 5.74) is 12.2. The molecule has 146 valence electrons. The molecule has 2 aromatic rings. The predicted octanol–water partition coefficient (Wildman–Crippen LogP) is 4.44. The van der Waals surface area contributed by atoms with Gasteiger partial charge < -0.3 is 16.4 Å². The number of allylic oxidation sites excluding steroid dienone is 1. The molecule has 1 saturated heterocycles. The number of carbonyl (C=O) groups excluding carboxylic acids is 1. The second kappa shape index (κ2) is 8.07. The molecule has 2 aromatic carbocycles. The molecule has 28 heavy (non-hydrogen) atoms. The van der Waals surface area contributed by atoms with Gasteiger partial charge in [0.2, 0.25) is 0 Å². The van der Waals surface area contributed by atoms with Gasteiger partial charge in [0.25, 0.3) is 5.91 Å². The zero-order valence-electron chi connectivity index (χ0n) is 16.4. The Hall–Kier alpha value is -2.79. The van der Waals surface area contributed by atoms with Crippen LogP contribution < -0.4 is 16.4 Å². The van der Waals surface area contributed by atoms with E-state index in [1.54, 1.807) is 0 Å². The Bertz CT molecular complexity index is 895. The lowest BCUT2D eigenvalue weighted by atomic mass is 10.0. The largest absolute Gasteiger partial charge is 0.399 e. The first kappa shape index (κ1) is 18.6. The Morgan fingerprint density at radius 2 is 1.86 bits per heavy atom. The monoisotopic (exact) mass is 376 g/mol. The molecule has 2 aliphatic heterocycles. The van der Waals surface area contributed by atoms with Crippen molar-refractivity contribution in [1.29, 1.82) is 0 Å². The SMILES string of the molecule is CCC(Nc1ccc(CN2CCCCC2)cc1)=C1C(=O)Nc2ccc(N)cc21. The Labute approximate surface area is 166 Å². The number of nitrogens with zero attached hydrogens (tertiary/aromatic N) is 1. The van der Waals surface area contributed by atoms with Crippen LogP contribution in [0.4, 0.5) is 17.1 Å². The van der Waals surface area contributed by atoms with Crippen molar-refractivity contribution in [3.8, 4) is 0 Å². The Morgan fingerprint density at radius 3 is 2.57 bits per heavy atom. The maximum Gasteiger partial charge on any atom is 0.258 e. The van der Waals surface area contributed by atoms with Gasteiger partial charge in [-0.05, 0) is 68.2 Å². The molecular weight excluding hydrogens is 348 g/mol. The summed E-state index contributed by atoms with van der Waals surface area (Å²) in [4.78, 5) is 15.1. The summed E-state index contributed by atoms with van der Waals surface area (Å²) in [5.74, 6) is -0.0772. The number of nitrogen functional groups attached to an aromatic ring is 1. The first-order valence-corrected chi connectivity index (χ1v) is 10.2. The van der Waals surface area contributed by atoms with Crippen molar-refractivity contribution in [3.63, 3.8) is 0 Å². The second-order valence-corrected chi connectivity index (χ2v) is 7.62. The number of hydrogen-bond donors (Lipinski definition) is 3. The van der Waals surface area contributed by atoms with E-state index < -0.39 is 0 Å². The number of hydrogen-bond acceptors (Lipinski definition) is 4. The number of carbonyl (C=O) groups is 1. The summed E-state index contributed by atoms with van der Waals surface area (Å²) in [6.07, 6.45) is 4.70. The lowest BCUT2D eigenvalue weighted by molar-refractivity contribution is -0.110. The van der Waals surface area contributed by atoms with Gasteiger partial charge in [-0.25, -0.2) is 0 Å². The highest BCUT2D eigenvalue weighted by Gasteiger charge is 2.27. The number of fused-ring (bicyclic) bond motifs is 1. The minimum atomic E-state index is -0.0772. The van der Waals surface area contributed by atoms with E-state index in [1.807, 2.05) is 18.2 Å². The Balaban J connectivity index is 1.53. The van der Waals surface area contributed by atoms with Gasteiger partial charge in [-0.3, -0.25) is 9.69 Å². The van der Waals surface area contributed by atoms with Crippen molar-refractivity contribution in [3.05, 3.63) is 59.3 Å². The average molecular weight is 377 g/mol. The second-order valence-electron chi connectivity index (χ2n) is 7.62. The molecule has 0 bridgehead atoms. The zero-order chi connectivity index (χ0) is 19.5. The Kier molecular flexibility index (Phi) is 5.35. The number of nitrogens with one attached hydrogen (secondary N) is 2. The van der Waals surface area contributed by atoms with Gasteiger partial charge in [-0.1, -0.05) is 25.5 Å². The third-order valence-corrected chi connectivity index (χ3v) is 5.55. The van der Waals surface area contributed by atoms with Crippen LogP contribution in [-0.2, 0) is 11.3 Å². The standard InChI is InChI=1S/C23H28N4O/c1-2-20(22-19-14-17(24)8-11-21(19)26-23(22)28)25-18-9-6-16(7-10-18)15-27-12-4-3-5-13-27/h6-11,14,25H,2-5,12-13,15,24H2,1H3,(H,26,28). The van der Waals surface area contributed by atoms with Crippen LogP contribution in [0.25, 0.3) is 5.57 Å². The van der Waals surface area contributed by atoms with Crippen molar-refractivity contribution in [1.82, 2.24) is 4.90 Å². The average Bonchev–Trinajstić information content (AvgIpc) is 3.03. The fourth-order valence-corrected chi connectivity index (χ4v) is 4.06. The molecule has 5 nitrogen and oxygen atoms in total. The van der Waals surface area contributed by atoms with Gasteiger partial charge in [0, 0.05) is 34.9 Å². The van der Waals surface area contributed by atoms with E-state index in [0.717, 1.165) is 35.6 Å². The first-order chi connectivity index (χ1) is 13.6. The van der Waals surface area contributed by atoms with Gasteiger partial charge in [-0.15, -0.1) is 0 Å². The minimum Gasteiger partial charge on any atom is -0.399 e. The minimum absolute atomic E-state index is 0.0772. The van der Waals surface area contributed by atoms with Crippen LogP contribution in [-0.4, -0.2) is 23.9 Å². The van der Waals surface area contributed by atoms with E-state index in [9.17, 15) is 4.79 Å². The summed E-state index contributed by atoms with van der Waals surface area (Å²) in [5, 5.41) is 6.39. The number of benzene rings is 2. The Morgan fingerprint density at radius 1 is 1.11 bits per heavy atom. The van der Waals surface area contributed by atoms with Gasteiger partial charge >= 0.3 is 0 Å². The van der Waals surface area contributed by atoms with Crippen LogP contribution in [0.1, 0.15) is 43.7 Å². The molecule has 0 radical (unpaired) electrons. The lowest BCUT2D eigenvalue weighted by Crippen LogP contribution is -2.29. The van der Waals surface area contributed by atoms with Crippen LogP contribution in [0.3, 0.4) is 0 Å². The molecule has 4 N–H and O–H groups in total. The molecule has 0 aromatic heterocycles. The van der Waals surface area contributed by atoms with E-state index in [0.29, 0.717) is 11.3 Å². The zero-order valence-corrected chi connectivity index (χ0v) is 16.4. The van der Waals surface area contributed by atoms with Crippen LogP contribution in [0.5, 0.6) is 0 Å². The normalized spacial score (nSPS) is 18.5. The van der Waals surface area contributed by atoms with Crippen molar-refractivity contribution in [2.45, 2.75) is 39.2 Å².